The van der Waals surface area contributed by atoms with E-state index < -0.39 is 5.91 Å². The van der Waals surface area contributed by atoms with Crippen LogP contribution in [0.25, 0.3) is 0 Å². The van der Waals surface area contributed by atoms with Crippen LogP contribution < -0.4 is 10.6 Å². The molecule has 1 atom stereocenters. The highest BCUT2D eigenvalue weighted by Gasteiger charge is 2.27. The van der Waals surface area contributed by atoms with Crippen LogP contribution in [0, 0.1) is 12.8 Å². The van der Waals surface area contributed by atoms with E-state index in [0.717, 1.165) is 11.6 Å². The molecule has 2 N–H and O–H groups in total. The van der Waals surface area contributed by atoms with Gasteiger partial charge in [-0.2, -0.15) is 0 Å². The van der Waals surface area contributed by atoms with Crippen LogP contribution in [0.1, 0.15) is 28.6 Å². The van der Waals surface area contributed by atoms with E-state index in [2.05, 4.69) is 20.8 Å². The largest absolute Gasteiger partial charge is 0.459 e. The van der Waals surface area contributed by atoms with Crippen LogP contribution in [0.3, 0.4) is 0 Å². The van der Waals surface area contributed by atoms with E-state index in [1.807, 2.05) is 11.5 Å². The van der Waals surface area contributed by atoms with Crippen molar-refractivity contribution < 1.29 is 14.0 Å². The number of rotatable bonds is 4. The SMILES string of the molecule is Cc1nnc2n1C[C@H](C(=O)Nc1ccc(Cl)cc1NC(=O)c1ccco1)CC2. The first-order valence-electron chi connectivity index (χ1n) is 8.85. The lowest BCUT2D eigenvalue weighted by molar-refractivity contribution is -0.120. The van der Waals surface area contributed by atoms with Gasteiger partial charge in [-0.3, -0.25) is 9.59 Å². The molecule has 2 amide bonds. The third-order valence-corrected chi connectivity index (χ3v) is 4.97. The lowest BCUT2D eigenvalue weighted by Crippen LogP contribution is -2.32. The zero-order chi connectivity index (χ0) is 19.7. The molecule has 0 aliphatic carbocycles. The Labute approximate surface area is 165 Å². The number of furan rings is 1. The fourth-order valence-electron chi connectivity index (χ4n) is 3.23. The standard InChI is InChI=1S/C19H18ClN5O3/c1-11-23-24-17-7-4-12(10-25(11)17)18(26)21-14-6-5-13(20)9-15(14)22-19(27)16-3-2-8-28-16/h2-3,5-6,8-9,12H,4,7,10H2,1H3,(H,21,26)(H,22,27)/t12-/m1/s1. The van der Waals surface area contributed by atoms with Gasteiger partial charge < -0.3 is 19.6 Å². The maximum Gasteiger partial charge on any atom is 0.291 e. The second-order valence-corrected chi connectivity index (χ2v) is 7.06. The molecule has 144 valence electrons. The van der Waals surface area contributed by atoms with Crippen LogP contribution in [-0.4, -0.2) is 26.6 Å². The summed E-state index contributed by atoms with van der Waals surface area (Å²) in [5, 5.41) is 14.3. The molecular formula is C19H18ClN5O3. The van der Waals surface area contributed by atoms with Crippen LogP contribution in [0.5, 0.6) is 0 Å². The van der Waals surface area contributed by atoms with Crippen molar-refractivity contribution in [1.82, 2.24) is 14.8 Å². The number of carbonyl (C=O) groups excluding carboxylic acids is 2. The van der Waals surface area contributed by atoms with Gasteiger partial charge in [0.05, 0.1) is 23.6 Å². The fraction of sp³-hybridized carbons (Fsp3) is 0.263. The molecule has 4 rings (SSSR count). The molecule has 1 aliphatic heterocycles. The Morgan fingerprint density at radius 3 is 2.86 bits per heavy atom. The van der Waals surface area contributed by atoms with Crippen LogP contribution in [0.2, 0.25) is 5.02 Å². The number of anilines is 2. The van der Waals surface area contributed by atoms with Crippen molar-refractivity contribution in [2.75, 3.05) is 10.6 Å². The zero-order valence-corrected chi connectivity index (χ0v) is 15.9. The third kappa shape index (κ3) is 3.63. The van der Waals surface area contributed by atoms with Gasteiger partial charge in [0, 0.05) is 18.0 Å². The summed E-state index contributed by atoms with van der Waals surface area (Å²) in [4.78, 5) is 25.1. The highest BCUT2D eigenvalue weighted by Crippen LogP contribution is 2.28. The predicted octanol–water partition coefficient (Wildman–Crippen LogP) is 3.29. The maximum atomic E-state index is 12.8. The number of aryl methyl sites for hydroxylation is 2. The number of halogens is 1. The van der Waals surface area contributed by atoms with E-state index in [1.165, 1.54) is 6.26 Å². The Bertz CT molecular complexity index is 1030. The summed E-state index contributed by atoms with van der Waals surface area (Å²) >= 11 is 6.07. The number of nitrogens with one attached hydrogen (secondary N) is 2. The summed E-state index contributed by atoms with van der Waals surface area (Å²) in [5.41, 5.74) is 0.875. The number of fused-ring (bicyclic) bond motifs is 1. The van der Waals surface area contributed by atoms with Gasteiger partial charge >= 0.3 is 0 Å². The smallest absolute Gasteiger partial charge is 0.291 e. The first-order valence-corrected chi connectivity index (χ1v) is 9.23. The Morgan fingerprint density at radius 2 is 2.07 bits per heavy atom. The summed E-state index contributed by atoms with van der Waals surface area (Å²) in [7, 11) is 0. The number of hydrogen-bond donors (Lipinski definition) is 2. The summed E-state index contributed by atoms with van der Waals surface area (Å²) in [6, 6.07) is 8.08. The lowest BCUT2D eigenvalue weighted by atomic mass is 9.98. The van der Waals surface area contributed by atoms with Crippen molar-refractivity contribution in [1.29, 1.82) is 0 Å². The Kier molecular flexibility index (Phi) is 4.87. The number of carbonyl (C=O) groups is 2. The molecule has 0 fully saturated rings. The molecule has 2 aromatic heterocycles. The minimum absolute atomic E-state index is 0.130. The van der Waals surface area contributed by atoms with Crippen molar-refractivity contribution in [3.8, 4) is 0 Å². The molecule has 9 heteroatoms. The van der Waals surface area contributed by atoms with Gasteiger partial charge in [-0.1, -0.05) is 11.6 Å². The first-order chi connectivity index (χ1) is 13.5. The van der Waals surface area contributed by atoms with Crippen LogP contribution in [-0.2, 0) is 17.8 Å². The summed E-state index contributed by atoms with van der Waals surface area (Å²) in [6.45, 7) is 2.40. The number of amides is 2. The molecule has 3 heterocycles. The molecule has 1 aliphatic rings. The fourth-order valence-corrected chi connectivity index (χ4v) is 3.40. The quantitative estimate of drug-likeness (QED) is 0.700. The molecule has 0 saturated carbocycles. The van der Waals surface area contributed by atoms with E-state index >= 15 is 0 Å². The van der Waals surface area contributed by atoms with E-state index in [-0.39, 0.29) is 17.6 Å². The van der Waals surface area contributed by atoms with Gasteiger partial charge in [0.1, 0.15) is 11.6 Å². The summed E-state index contributed by atoms with van der Waals surface area (Å²) in [5.74, 6) is 1.09. The molecule has 28 heavy (non-hydrogen) atoms. The van der Waals surface area contributed by atoms with Gasteiger partial charge in [0.2, 0.25) is 5.91 Å². The Morgan fingerprint density at radius 1 is 1.21 bits per heavy atom. The van der Waals surface area contributed by atoms with Gasteiger partial charge in [0.15, 0.2) is 5.76 Å². The minimum Gasteiger partial charge on any atom is -0.459 e. The molecule has 0 bridgehead atoms. The van der Waals surface area contributed by atoms with Crippen molar-refractivity contribution in [3.63, 3.8) is 0 Å². The summed E-state index contributed by atoms with van der Waals surface area (Å²) in [6.07, 6.45) is 2.80. The van der Waals surface area contributed by atoms with Crippen molar-refractivity contribution in [3.05, 3.63) is 59.0 Å². The van der Waals surface area contributed by atoms with Crippen LogP contribution in [0.4, 0.5) is 11.4 Å². The average Bonchev–Trinajstić information content (AvgIpc) is 3.34. The van der Waals surface area contributed by atoms with Gasteiger partial charge in [-0.05, 0) is 43.7 Å². The topological polar surface area (TPSA) is 102 Å². The number of aromatic nitrogens is 3. The van der Waals surface area contributed by atoms with Crippen molar-refractivity contribution in [2.24, 2.45) is 5.92 Å². The molecule has 3 aromatic rings. The van der Waals surface area contributed by atoms with E-state index in [1.54, 1.807) is 30.3 Å². The van der Waals surface area contributed by atoms with Gasteiger partial charge in [0.25, 0.3) is 5.91 Å². The second kappa shape index (κ2) is 7.47. The van der Waals surface area contributed by atoms with E-state index in [9.17, 15) is 9.59 Å². The van der Waals surface area contributed by atoms with Crippen LogP contribution >= 0.6 is 11.6 Å². The Hall–Kier alpha value is -3.13. The third-order valence-electron chi connectivity index (χ3n) is 4.74. The van der Waals surface area contributed by atoms with E-state index in [4.69, 9.17) is 16.0 Å². The number of nitrogens with zero attached hydrogens (tertiary/aromatic N) is 3. The molecule has 0 spiro atoms. The van der Waals surface area contributed by atoms with Crippen molar-refractivity contribution >= 4 is 34.8 Å². The highest BCUT2D eigenvalue weighted by molar-refractivity contribution is 6.31. The lowest BCUT2D eigenvalue weighted by Gasteiger charge is -2.23. The second-order valence-electron chi connectivity index (χ2n) is 6.62. The molecule has 0 saturated heterocycles. The number of hydrogen-bond acceptors (Lipinski definition) is 5. The monoisotopic (exact) mass is 399 g/mol. The first kappa shape index (κ1) is 18.2. The van der Waals surface area contributed by atoms with Crippen molar-refractivity contribution in [2.45, 2.75) is 26.3 Å². The number of benzene rings is 1. The Balaban J connectivity index is 1.51. The molecule has 8 nitrogen and oxygen atoms in total. The maximum absolute atomic E-state index is 12.8. The predicted molar refractivity (Wildman–Crippen MR) is 103 cm³/mol. The summed E-state index contributed by atoms with van der Waals surface area (Å²) < 4.78 is 7.07. The normalized spacial score (nSPS) is 15.7. The zero-order valence-electron chi connectivity index (χ0n) is 15.1. The average molecular weight is 400 g/mol. The molecule has 1 aromatic carbocycles. The van der Waals surface area contributed by atoms with Crippen LogP contribution in [0.15, 0.2) is 41.0 Å². The van der Waals surface area contributed by atoms with Gasteiger partial charge in [-0.25, -0.2) is 0 Å². The van der Waals surface area contributed by atoms with Gasteiger partial charge in [-0.15, -0.1) is 10.2 Å². The molecular weight excluding hydrogens is 382 g/mol. The van der Waals surface area contributed by atoms with E-state index in [0.29, 0.717) is 35.8 Å². The molecule has 0 radical (unpaired) electrons. The minimum atomic E-state index is -0.426. The molecule has 0 unspecified atom stereocenters. The highest BCUT2D eigenvalue weighted by atomic mass is 35.5.